The van der Waals surface area contributed by atoms with E-state index in [0.29, 0.717) is 5.82 Å². The number of hydrogen-bond donors (Lipinski definition) is 0. The van der Waals surface area contributed by atoms with Crippen LogP contribution in [-0.4, -0.2) is 9.97 Å². The van der Waals surface area contributed by atoms with Gasteiger partial charge in [-0.3, -0.25) is 0 Å². The van der Waals surface area contributed by atoms with Crippen molar-refractivity contribution < 1.29 is 0 Å². The van der Waals surface area contributed by atoms with E-state index in [9.17, 15) is 0 Å². The SMILES string of the molecule is c1ccc(-c2cc(-c3ccccc3)nc(-c3cccc(-c4ccc5c(c4)-c4cc6sc7ccccc7c6cc4C54c5ccccc5C5(c6ccccc6-c6ccccc65)c5ccccc54)c3)n2)cc1. The van der Waals surface area contributed by atoms with Crippen molar-refractivity contribution in [1.82, 2.24) is 9.97 Å². The standard InChI is InChI=1S/C66H40N2S/c1-3-18-41(19-4-1)60-40-61(42-20-5-2-6-21-42)68-64(67-60)45-23-17-22-43(36-45)44-34-35-54-49(37-44)50-39-63-51(48-26-9-16-33-62(48)69-63)38-59(50)66(54)57-31-14-12-29-55(57)65(56-30-13-15-32-58(56)66)52-27-10-7-24-46(52)47-25-8-11-28-53(47)65/h1-40H. The third-order valence-corrected chi connectivity index (χ3v) is 16.5. The Kier molecular flexibility index (Phi) is 8.11. The predicted octanol–water partition coefficient (Wildman–Crippen LogP) is 16.6. The van der Waals surface area contributed by atoms with Crippen LogP contribution in [0.2, 0.25) is 0 Å². The van der Waals surface area contributed by atoms with Gasteiger partial charge in [-0.1, -0.05) is 206 Å². The molecular weight excluding hydrogens is 853 g/mol. The molecule has 0 amide bonds. The molecule has 0 N–H and O–H groups in total. The summed E-state index contributed by atoms with van der Waals surface area (Å²) < 4.78 is 2.62. The number of fused-ring (bicyclic) bond motifs is 19. The second-order valence-corrected chi connectivity index (χ2v) is 19.8. The lowest BCUT2D eigenvalue weighted by molar-refractivity contribution is 0.633. The van der Waals surface area contributed by atoms with Gasteiger partial charge < -0.3 is 0 Å². The summed E-state index contributed by atoms with van der Waals surface area (Å²) in [5.41, 5.74) is 22.0. The molecule has 3 heteroatoms. The largest absolute Gasteiger partial charge is 0.228 e. The number of nitrogens with zero attached hydrogens (tertiary/aromatic N) is 2. The van der Waals surface area contributed by atoms with Crippen molar-refractivity contribution >= 4 is 31.5 Å². The zero-order chi connectivity index (χ0) is 45.3. The average Bonchev–Trinajstić information content (AvgIpc) is 4.04. The molecule has 0 aliphatic heterocycles. The fourth-order valence-electron chi connectivity index (χ4n) is 12.6. The number of aromatic nitrogens is 2. The lowest BCUT2D eigenvalue weighted by Crippen LogP contribution is -2.43. The van der Waals surface area contributed by atoms with Crippen molar-refractivity contribution in [3.8, 4) is 67.3 Å². The third kappa shape index (κ3) is 5.25. The van der Waals surface area contributed by atoms with Gasteiger partial charge in [-0.15, -0.1) is 11.3 Å². The van der Waals surface area contributed by atoms with Crippen LogP contribution in [0.3, 0.4) is 0 Å². The lowest BCUT2D eigenvalue weighted by Gasteiger charge is -2.48. The van der Waals surface area contributed by atoms with Crippen LogP contribution >= 0.6 is 11.3 Å². The fourth-order valence-corrected chi connectivity index (χ4v) is 13.7. The van der Waals surface area contributed by atoms with Gasteiger partial charge in [0.1, 0.15) is 0 Å². The number of benzene rings is 10. The van der Waals surface area contributed by atoms with Gasteiger partial charge in [0.2, 0.25) is 0 Å². The van der Waals surface area contributed by atoms with Gasteiger partial charge >= 0.3 is 0 Å². The van der Waals surface area contributed by atoms with Gasteiger partial charge in [-0.25, -0.2) is 9.97 Å². The first kappa shape index (κ1) is 38.6. The number of hydrogen-bond acceptors (Lipinski definition) is 3. The Hall–Kier alpha value is -8.50. The molecule has 0 radical (unpaired) electrons. The predicted molar refractivity (Wildman–Crippen MR) is 285 cm³/mol. The van der Waals surface area contributed by atoms with Crippen LogP contribution in [0.1, 0.15) is 44.5 Å². The quantitative estimate of drug-likeness (QED) is 0.176. The minimum Gasteiger partial charge on any atom is -0.228 e. The second kappa shape index (κ2) is 14.5. The Balaban J connectivity index is 0.980. The first-order valence-corrected chi connectivity index (χ1v) is 24.6. The monoisotopic (exact) mass is 892 g/mol. The van der Waals surface area contributed by atoms with Crippen LogP contribution < -0.4 is 0 Å². The summed E-state index contributed by atoms with van der Waals surface area (Å²) in [5.74, 6) is 0.703. The van der Waals surface area contributed by atoms with Crippen molar-refractivity contribution in [3.63, 3.8) is 0 Å². The molecule has 0 bridgehead atoms. The molecule has 3 aliphatic carbocycles. The molecule has 2 nitrogen and oxygen atoms in total. The number of rotatable bonds is 4. The first-order chi connectivity index (χ1) is 34.2. The molecule has 2 heterocycles. The highest BCUT2D eigenvalue weighted by molar-refractivity contribution is 7.25. The van der Waals surface area contributed by atoms with Crippen molar-refractivity contribution in [2.24, 2.45) is 0 Å². The Bertz CT molecular complexity index is 3940. The van der Waals surface area contributed by atoms with E-state index < -0.39 is 10.8 Å². The van der Waals surface area contributed by atoms with Gasteiger partial charge in [-0.2, -0.15) is 0 Å². The highest BCUT2D eigenvalue weighted by atomic mass is 32.1. The molecule has 2 spiro atoms. The summed E-state index contributed by atoms with van der Waals surface area (Å²) in [6.45, 7) is 0. The Morgan fingerprint density at radius 2 is 0.725 bits per heavy atom. The van der Waals surface area contributed by atoms with E-state index >= 15 is 0 Å². The van der Waals surface area contributed by atoms with Crippen molar-refractivity contribution in [1.29, 1.82) is 0 Å². The summed E-state index contributed by atoms with van der Waals surface area (Å²) in [5, 5.41) is 2.62. The third-order valence-electron chi connectivity index (χ3n) is 15.4. The van der Waals surface area contributed by atoms with Gasteiger partial charge in [0.25, 0.3) is 0 Å². The maximum absolute atomic E-state index is 5.22. The van der Waals surface area contributed by atoms with Crippen LogP contribution in [0.15, 0.2) is 243 Å². The topological polar surface area (TPSA) is 25.8 Å². The van der Waals surface area contributed by atoms with E-state index in [-0.39, 0.29) is 0 Å². The smallest absolute Gasteiger partial charge is 0.160 e. The fraction of sp³-hybridized carbons (Fsp3) is 0.0303. The molecule has 320 valence electrons. The Morgan fingerprint density at radius 3 is 1.35 bits per heavy atom. The summed E-state index contributed by atoms with van der Waals surface area (Å²) in [4.78, 5) is 10.4. The molecule has 12 aromatic rings. The molecule has 0 atom stereocenters. The van der Waals surface area contributed by atoms with Crippen molar-refractivity contribution in [2.45, 2.75) is 10.8 Å². The average molecular weight is 893 g/mol. The van der Waals surface area contributed by atoms with Crippen LogP contribution in [-0.2, 0) is 10.8 Å². The van der Waals surface area contributed by atoms with Crippen molar-refractivity contribution in [2.75, 3.05) is 0 Å². The minimum atomic E-state index is -0.591. The van der Waals surface area contributed by atoms with Crippen LogP contribution in [0.25, 0.3) is 87.5 Å². The van der Waals surface area contributed by atoms with E-state index in [2.05, 4.69) is 231 Å². The molecule has 15 rings (SSSR count). The number of thiophene rings is 1. The van der Waals surface area contributed by atoms with Crippen LogP contribution in [0.4, 0.5) is 0 Å². The van der Waals surface area contributed by atoms with Crippen LogP contribution in [0.5, 0.6) is 0 Å². The van der Waals surface area contributed by atoms with Gasteiger partial charge in [0.15, 0.2) is 5.82 Å². The summed E-state index contributed by atoms with van der Waals surface area (Å²) >= 11 is 1.89. The summed E-state index contributed by atoms with van der Waals surface area (Å²) in [6.07, 6.45) is 0. The molecule has 3 aliphatic rings. The molecule has 0 unspecified atom stereocenters. The van der Waals surface area contributed by atoms with E-state index in [1.165, 1.54) is 86.9 Å². The normalized spacial score (nSPS) is 14.0. The van der Waals surface area contributed by atoms with Crippen molar-refractivity contribution in [3.05, 3.63) is 287 Å². The maximum atomic E-state index is 5.22. The van der Waals surface area contributed by atoms with Gasteiger partial charge in [0, 0.05) is 36.9 Å². The summed E-state index contributed by atoms with van der Waals surface area (Å²) in [7, 11) is 0. The van der Waals surface area contributed by atoms with E-state index in [1.54, 1.807) is 0 Å². The molecule has 69 heavy (non-hydrogen) atoms. The minimum absolute atomic E-state index is 0.492. The Labute approximate surface area is 404 Å². The highest BCUT2D eigenvalue weighted by Crippen LogP contribution is 2.68. The molecule has 10 aromatic carbocycles. The maximum Gasteiger partial charge on any atom is 0.160 e. The lowest BCUT2D eigenvalue weighted by atomic mass is 9.52. The zero-order valence-electron chi connectivity index (χ0n) is 37.4. The molecular formula is C66H40N2S. The highest BCUT2D eigenvalue weighted by Gasteiger charge is 2.59. The zero-order valence-corrected chi connectivity index (χ0v) is 38.2. The Morgan fingerprint density at radius 1 is 0.261 bits per heavy atom. The molecule has 2 aromatic heterocycles. The molecule has 0 saturated carbocycles. The van der Waals surface area contributed by atoms with E-state index in [0.717, 1.165) is 39.2 Å². The van der Waals surface area contributed by atoms with E-state index in [1.807, 2.05) is 23.5 Å². The second-order valence-electron chi connectivity index (χ2n) is 18.7. The molecule has 0 fully saturated rings. The first-order valence-electron chi connectivity index (χ1n) is 23.8. The summed E-state index contributed by atoms with van der Waals surface area (Å²) in [6, 6.07) is 90.0. The van der Waals surface area contributed by atoms with Crippen LogP contribution in [0, 0.1) is 0 Å². The van der Waals surface area contributed by atoms with Gasteiger partial charge in [-0.05, 0) is 114 Å². The van der Waals surface area contributed by atoms with E-state index in [4.69, 9.17) is 9.97 Å². The molecule has 0 saturated heterocycles. The van der Waals surface area contributed by atoms with Gasteiger partial charge in [0.05, 0.1) is 22.2 Å².